The van der Waals surface area contributed by atoms with Gasteiger partial charge in [-0.15, -0.1) is 0 Å². The van der Waals surface area contributed by atoms with Gasteiger partial charge in [-0.1, -0.05) is 30.4 Å². The number of hydrogen-bond donors (Lipinski definition) is 2. The topological polar surface area (TPSA) is 102 Å². The first-order valence-corrected chi connectivity index (χ1v) is 9.91. The molecule has 1 aliphatic carbocycles. The van der Waals surface area contributed by atoms with E-state index in [1.54, 1.807) is 12.1 Å². The van der Waals surface area contributed by atoms with Crippen LogP contribution in [0.5, 0.6) is 5.75 Å². The lowest BCUT2D eigenvalue weighted by Crippen LogP contribution is -2.34. The highest BCUT2D eigenvalue weighted by Gasteiger charge is 2.41. The Morgan fingerprint density at radius 2 is 2.00 bits per heavy atom. The van der Waals surface area contributed by atoms with Gasteiger partial charge in [0.25, 0.3) is 0 Å². The van der Waals surface area contributed by atoms with Crippen LogP contribution in [0, 0.1) is 5.92 Å². The number of ketones is 1. The minimum atomic E-state index is -0.873. The maximum absolute atomic E-state index is 12.2. The number of hydrogen-bond acceptors (Lipinski definition) is 7. The number of Topliss-reactive ketones (excluding diaryl/α,β-unsaturated/α-hetero) is 1. The summed E-state index contributed by atoms with van der Waals surface area (Å²) in [6.07, 6.45) is 3.67. The molecule has 0 amide bonds. The van der Waals surface area contributed by atoms with E-state index in [2.05, 4.69) is 4.74 Å². The molecule has 1 aromatic rings. The lowest BCUT2D eigenvalue weighted by atomic mass is 9.99. The number of ether oxygens (including phenoxy) is 3. The van der Waals surface area contributed by atoms with E-state index in [-0.39, 0.29) is 31.4 Å². The summed E-state index contributed by atoms with van der Waals surface area (Å²) in [6.45, 7) is 0.0344. The van der Waals surface area contributed by atoms with Crippen LogP contribution < -0.4 is 4.74 Å². The van der Waals surface area contributed by atoms with E-state index in [9.17, 15) is 19.8 Å². The summed E-state index contributed by atoms with van der Waals surface area (Å²) in [5, 5.41) is 20.2. The molecule has 1 saturated carbocycles. The fourth-order valence-corrected chi connectivity index (χ4v) is 3.22. The first-order chi connectivity index (χ1) is 14.0. The monoisotopic (exact) mass is 406 g/mol. The molecule has 1 aliphatic rings. The summed E-state index contributed by atoms with van der Waals surface area (Å²) in [5.74, 6) is -0.0746. The first kappa shape index (κ1) is 23.1. The third kappa shape index (κ3) is 7.97. The second kappa shape index (κ2) is 12.4. The maximum Gasteiger partial charge on any atom is 0.305 e. The van der Waals surface area contributed by atoms with Gasteiger partial charge >= 0.3 is 5.97 Å². The summed E-state index contributed by atoms with van der Waals surface area (Å²) < 4.78 is 15.7. The molecule has 2 N–H and O–H groups in total. The summed E-state index contributed by atoms with van der Waals surface area (Å²) >= 11 is 0. The molecule has 0 bridgehead atoms. The highest BCUT2D eigenvalue weighted by Crippen LogP contribution is 2.29. The van der Waals surface area contributed by atoms with Gasteiger partial charge in [-0.3, -0.25) is 9.59 Å². The van der Waals surface area contributed by atoms with Crippen molar-refractivity contribution in [3.05, 3.63) is 42.5 Å². The van der Waals surface area contributed by atoms with Crippen LogP contribution in [0.4, 0.5) is 0 Å². The molecular formula is C22H30O7. The number of rotatable bonds is 12. The van der Waals surface area contributed by atoms with E-state index in [1.165, 1.54) is 7.11 Å². The standard InChI is InChI=1S/C22H30O7/c1-27-21(26)12-8-3-2-7-11-18-19(24)13-20(25)22(18)29-15-16(23)14-28-17-9-5-4-6-10-17/h2,4-7,9-10,16,18,20,22-23,25H,3,8,11-15H2,1H3/b7-2+/t16?,18-,20?,22+/m0/s1. The van der Waals surface area contributed by atoms with E-state index in [0.29, 0.717) is 31.4 Å². The molecule has 2 unspecified atom stereocenters. The summed E-state index contributed by atoms with van der Waals surface area (Å²) in [6, 6.07) is 9.14. The van der Waals surface area contributed by atoms with Gasteiger partial charge in [-0.25, -0.2) is 0 Å². The Morgan fingerprint density at radius 1 is 1.24 bits per heavy atom. The van der Waals surface area contributed by atoms with Crippen LogP contribution in [-0.2, 0) is 19.1 Å². The number of aliphatic hydroxyl groups is 2. The number of esters is 1. The second-order valence-corrected chi connectivity index (χ2v) is 7.10. The van der Waals surface area contributed by atoms with Crippen molar-refractivity contribution < 1.29 is 34.0 Å². The molecule has 7 heteroatoms. The number of methoxy groups -OCH3 is 1. The number of para-hydroxylation sites is 1. The Balaban J connectivity index is 1.73. The zero-order valence-corrected chi connectivity index (χ0v) is 16.7. The molecule has 4 atom stereocenters. The summed E-state index contributed by atoms with van der Waals surface area (Å²) in [7, 11) is 1.36. The fraction of sp³-hybridized carbons (Fsp3) is 0.545. The molecule has 0 spiro atoms. The zero-order valence-electron chi connectivity index (χ0n) is 16.7. The largest absolute Gasteiger partial charge is 0.491 e. The lowest BCUT2D eigenvalue weighted by molar-refractivity contribution is -0.140. The molecule has 0 aliphatic heterocycles. The van der Waals surface area contributed by atoms with Gasteiger partial charge in [-0.05, 0) is 31.4 Å². The first-order valence-electron chi connectivity index (χ1n) is 9.91. The molecule has 0 radical (unpaired) electrons. The fourth-order valence-electron chi connectivity index (χ4n) is 3.22. The van der Waals surface area contributed by atoms with Crippen molar-refractivity contribution in [1.82, 2.24) is 0 Å². The van der Waals surface area contributed by atoms with E-state index < -0.39 is 24.2 Å². The Labute approximate surface area is 171 Å². The van der Waals surface area contributed by atoms with Gasteiger partial charge in [0.1, 0.15) is 24.2 Å². The van der Waals surface area contributed by atoms with E-state index in [4.69, 9.17) is 9.47 Å². The van der Waals surface area contributed by atoms with Crippen LogP contribution in [0.15, 0.2) is 42.5 Å². The van der Waals surface area contributed by atoms with Crippen molar-refractivity contribution in [1.29, 1.82) is 0 Å². The minimum absolute atomic E-state index is 0.0266. The minimum Gasteiger partial charge on any atom is -0.491 e. The van der Waals surface area contributed by atoms with Crippen LogP contribution >= 0.6 is 0 Å². The van der Waals surface area contributed by atoms with Crippen LogP contribution in [0.3, 0.4) is 0 Å². The Morgan fingerprint density at radius 3 is 2.72 bits per heavy atom. The molecule has 0 aromatic heterocycles. The molecule has 160 valence electrons. The van der Waals surface area contributed by atoms with Gasteiger partial charge in [0.2, 0.25) is 0 Å². The zero-order chi connectivity index (χ0) is 21.1. The van der Waals surface area contributed by atoms with Crippen molar-refractivity contribution in [3.8, 4) is 5.75 Å². The lowest BCUT2D eigenvalue weighted by Gasteiger charge is -2.22. The van der Waals surface area contributed by atoms with Gasteiger partial charge in [0.15, 0.2) is 0 Å². The SMILES string of the molecule is COC(=O)CCC/C=C/C[C@H]1C(=O)CC(O)[C@@H]1OCC(O)COc1ccccc1. The maximum atomic E-state index is 12.2. The van der Waals surface area contributed by atoms with Crippen molar-refractivity contribution in [3.63, 3.8) is 0 Å². The van der Waals surface area contributed by atoms with Crippen molar-refractivity contribution in [2.24, 2.45) is 5.92 Å². The summed E-state index contributed by atoms with van der Waals surface area (Å²) in [5.41, 5.74) is 0. The Bertz CT molecular complexity index is 658. The van der Waals surface area contributed by atoms with Crippen LogP contribution in [0.25, 0.3) is 0 Å². The van der Waals surface area contributed by atoms with Crippen molar-refractivity contribution >= 4 is 11.8 Å². The number of carbonyl (C=O) groups is 2. The van der Waals surface area contributed by atoms with Gasteiger partial charge < -0.3 is 24.4 Å². The molecule has 1 aromatic carbocycles. The van der Waals surface area contributed by atoms with Crippen LogP contribution in [0.2, 0.25) is 0 Å². The highest BCUT2D eigenvalue weighted by molar-refractivity contribution is 5.85. The Hall–Kier alpha value is -2.22. The average molecular weight is 406 g/mol. The van der Waals surface area contributed by atoms with Gasteiger partial charge in [-0.2, -0.15) is 0 Å². The summed E-state index contributed by atoms with van der Waals surface area (Å²) in [4.78, 5) is 23.2. The smallest absolute Gasteiger partial charge is 0.305 e. The molecular weight excluding hydrogens is 376 g/mol. The van der Waals surface area contributed by atoms with Gasteiger partial charge in [0.05, 0.1) is 25.9 Å². The predicted molar refractivity (Wildman–Crippen MR) is 106 cm³/mol. The number of benzene rings is 1. The van der Waals surface area contributed by atoms with Crippen LogP contribution in [0.1, 0.15) is 32.1 Å². The quantitative estimate of drug-likeness (QED) is 0.311. The molecule has 2 rings (SSSR count). The number of allylic oxidation sites excluding steroid dienone is 2. The number of carbonyl (C=O) groups excluding carboxylic acids is 2. The molecule has 0 saturated heterocycles. The van der Waals surface area contributed by atoms with E-state index >= 15 is 0 Å². The highest BCUT2D eigenvalue weighted by atomic mass is 16.5. The average Bonchev–Trinajstić information content (AvgIpc) is 3.00. The van der Waals surface area contributed by atoms with Crippen molar-refractivity contribution in [2.75, 3.05) is 20.3 Å². The second-order valence-electron chi connectivity index (χ2n) is 7.10. The third-order valence-electron chi connectivity index (χ3n) is 4.80. The van der Waals surface area contributed by atoms with Gasteiger partial charge in [0, 0.05) is 18.8 Å². The number of aliphatic hydroxyl groups excluding tert-OH is 2. The Kier molecular flexibility index (Phi) is 9.83. The predicted octanol–water partition coefficient (Wildman–Crippen LogP) is 2.05. The number of unbranched alkanes of at least 4 members (excludes halogenated alkanes) is 1. The molecule has 29 heavy (non-hydrogen) atoms. The van der Waals surface area contributed by atoms with Crippen LogP contribution in [-0.4, -0.2) is 60.6 Å². The van der Waals surface area contributed by atoms with E-state index in [1.807, 2.05) is 30.4 Å². The third-order valence-corrected chi connectivity index (χ3v) is 4.80. The molecule has 7 nitrogen and oxygen atoms in total. The molecule has 1 fully saturated rings. The molecule has 0 heterocycles. The van der Waals surface area contributed by atoms with Crippen molar-refractivity contribution in [2.45, 2.75) is 50.4 Å². The van der Waals surface area contributed by atoms with E-state index in [0.717, 1.165) is 0 Å². The normalized spacial score (nSPS) is 22.7.